The lowest BCUT2D eigenvalue weighted by molar-refractivity contribution is 0.281. The average Bonchev–Trinajstić information content (AvgIpc) is 2.74. The van der Waals surface area contributed by atoms with E-state index in [1.165, 1.54) is 6.20 Å². The molecule has 0 fully saturated rings. The Morgan fingerprint density at radius 1 is 1.50 bits per heavy atom. The van der Waals surface area contributed by atoms with Crippen molar-refractivity contribution in [3.8, 4) is 11.5 Å². The summed E-state index contributed by atoms with van der Waals surface area (Å²) in [5.41, 5.74) is 0.630. The second kappa shape index (κ2) is 2.83. The average molecular weight is 165 g/mol. The molecule has 0 saturated carbocycles. The van der Waals surface area contributed by atoms with Gasteiger partial charge in [0.25, 0.3) is 0 Å². The Morgan fingerprint density at radius 3 is 3.08 bits per heavy atom. The molecular formula is C8H7NO3. The molecule has 0 radical (unpaired) electrons. The third-order valence-corrected chi connectivity index (χ3v) is 1.56. The Kier molecular flexibility index (Phi) is 1.68. The molecule has 0 aliphatic carbocycles. The molecule has 0 aliphatic rings. The third kappa shape index (κ3) is 1.02. The van der Waals surface area contributed by atoms with Gasteiger partial charge in [-0.15, -0.1) is 0 Å². The summed E-state index contributed by atoms with van der Waals surface area (Å²) >= 11 is 0. The predicted octanol–water partition coefficient (Wildman–Crippen LogP) is 1.43. The van der Waals surface area contributed by atoms with E-state index in [0.717, 1.165) is 0 Å². The van der Waals surface area contributed by atoms with Crippen LogP contribution in [-0.4, -0.2) is 10.3 Å². The molecule has 12 heavy (non-hydrogen) atoms. The summed E-state index contributed by atoms with van der Waals surface area (Å²) in [5, 5.41) is 12.4. The first-order valence-corrected chi connectivity index (χ1v) is 3.50. The van der Waals surface area contributed by atoms with E-state index in [4.69, 9.17) is 14.0 Å². The summed E-state index contributed by atoms with van der Waals surface area (Å²) in [6.07, 6.45) is 3.01. The van der Waals surface area contributed by atoms with Gasteiger partial charge in [-0.2, -0.15) is 0 Å². The fourth-order valence-electron chi connectivity index (χ4n) is 0.984. The third-order valence-electron chi connectivity index (χ3n) is 1.56. The Hall–Kier alpha value is -1.55. The number of aliphatic hydroxyl groups excluding tert-OH is 1. The van der Waals surface area contributed by atoms with Crippen molar-refractivity contribution in [2.24, 2.45) is 0 Å². The van der Waals surface area contributed by atoms with Crippen LogP contribution >= 0.6 is 0 Å². The molecule has 1 N–H and O–H groups in total. The van der Waals surface area contributed by atoms with E-state index in [9.17, 15) is 0 Å². The first-order chi connectivity index (χ1) is 5.92. The Morgan fingerprint density at radius 2 is 2.42 bits per heavy atom. The van der Waals surface area contributed by atoms with E-state index in [2.05, 4.69) is 5.16 Å². The van der Waals surface area contributed by atoms with E-state index in [1.807, 2.05) is 0 Å². The maximum Gasteiger partial charge on any atom is 0.207 e. The summed E-state index contributed by atoms with van der Waals surface area (Å²) in [5.74, 6) is 1.07. The lowest BCUT2D eigenvalue weighted by atomic mass is 10.2. The first kappa shape index (κ1) is 7.12. The zero-order valence-corrected chi connectivity index (χ0v) is 6.23. The first-order valence-electron chi connectivity index (χ1n) is 3.50. The standard InChI is InChI=1S/C8H7NO3/c10-5-6-4-9-12-8(6)7-2-1-3-11-7/h1-4,10H,5H2. The monoisotopic (exact) mass is 165 g/mol. The molecule has 62 valence electrons. The van der Waals surface area contributed by atoms with E-state index in [0.29, 0.717) is 17.1 Å². The molecule has 2 rings (SSSR count). The second-order valence-corrected chi connectivity index (χ2v) is 2.32. The van der Waals surface area contributed by atoms with E-state index in [1.54, 1.807) is 18.4 Å². The van der Waals surface area contributed by atoms with Crippen LogP contribution in [0.15, 0.2) is 33.5 Å². The lowest BCUT2D eigenvalue weighted by Gasteiger charge is -1.90. The summed E-state index contributed by atoms with van der Waals surface area (Å²) in [6.45, 7) is -0.0977. The molecule has 0 aliphatic heterocycles. The molecule has 2 aromatic heterocycles. The van der Waals surface area contributed by atoms with Gasteiger partial charge in [0.05, 0.1) is 19.1 Å². The van der Waals surface area contributed by atoms with Crippen molar-refractivity contribution in [3.05, 3.63) is 30.2 Å². The van der Waals surface area contributed by atoms with Gasteiger partial charge in [0.1, 0.15) is 0 Å². The molecule has 2 aromatic rings. The highest BCUT2D eigenvalue weighted by molar-refractivity contribution is 5.53. The van der Waals surface area contributed by atoms with Gasteiger partial charge in [-0.25, -0.2) is 0 Å². The van der Waals surface area contributed by atoms with Crippen LogP contribution in [-0.2, 0) is 6.61 Å². The highest BCUT2D eigenvalue weighted by Gasteiger charge is 2.11. The van der Waals surface area contributed by atoms with Gasteiger partial charge in [0.15, 0.2) is 5.76 Å². The summed E-state index contributed by atoms with van der Waals surface area (Å²) in [6, 6.07) is 3.50. The minimum absolute atomic E-state index is 0.0977. The molecule has 4 heteroatoms. The van der Waals surface area contributed by atoms with Crippen LogP contribution in [0.1, 0.15) is 5.56 Å². The number of hydrogen-bond acceptors (Lipinski definition) is 4. The van der Waals surface area contributed by atoms with Gasteiger partial charge in [0.2, 0.25) is 5.76 Å². The fourth-order valence-corrected chi connectivity index (χ4v) is 0.984. The van der Waals surface area contributed by atoms with Gasteiger partial charge in [-0.3, -0.25) is 0 Å². The van der Waals surface area contributed by atoms with Crippen molar-refractivity contribution < 1.29 is 14.0 Å². The Bertz CT molecular complexity index is 350. The number of aliphatic hydroxyl groups is 1. The maximum absolute atomic E-state index is 8.86. The number of furan rings is 1. The maximum atomic E-state index is 8.86. The zero-order chi connectivity index (χ0) is 8.39. The Balaban J connectivity index is 2.46. The van der Waals surface area contributed by atoms with Crippen molar-refractivity contribution in [1.82, 2.24) is 5.16 Å². The van der Waals surface area contributed by atoms with Crippen LogP contribution in [0.3, 0.4) is 0 Å². The van der Waals surface area contributed by atoms with Crippen molar-refractivity contribution in [2.45, 2.75) is 6.61 Å². The van der Waals surface area contributed by atoms with Crippen LogP contribution in [0.2, 0.25) is 0 Å². The summed E-state index contributed by atoms with van der Waals surface area (Å²) < 4.78 is 9.97. The highest BCUT2D eigenvalue weighted by atomic mass is 16.5. The Labute approximate surface area is 68.4 Å². The molecule has 0 aromatic carbocycles. The topological polar surface area (TPSA) is 59.4 Å². The van der Waals surface area contributed by atoms with Crippen molar-refractivity contribution in [1.29, 1.82) is 0 Å². The molecule has 0 unspecified atom stereocenters. The van der Waals surface area contributed by atoms with E-state index >= 15 is 0 Å². The van der Waals surface area contributed by atoms with Crippen LogP contribution in [0.4, 0.5) is 0 Å². The lowest BCUT2D eigenvalue weighted by Crippen LogP contribution is -1.81. The van der Waals surface area contributed by atoms with Gasteiger partial charge < -0.3 is 14.0 Å². The van der Waals surface area contributed by atoms with Gasteiger partial charge in [-0.1, -0.05) is 5.16 Å². The smallest absolute Gasteiger partial charge is 0.207 e. The molecule has 0 atom stereocenters. The molecule has 0 amide bonds. The quantitative estimate of drug-likeness (QED) is 0.731. The zero-order valence-electron chi connectivity index (χ0n) is 6.23. The summed E-state index contributed by atoms with van der Waals surface area (Å²) in [7, 11) is 0. The predicted molar refractivity (Wildman–Crippen MR) is 40.1 cm³/mol. The van der Waals surface area contributed by atoms with Gasteiger partial charge in [-0.05, 0) is 12.1 Å². The van der Waals surface area contributed by atoms with Crippen molar-refractivity contribution >= 4 is 0 Å². The fraction of sp³-hybridized carbons (Fsp3) is 0.125. The number of aromatic nitrogens is 1. The van der Waals surface area contributed by atoms with Crippen LogP contribution in [0.25, 0.3) is 11.5 Å². The number of hydrogen-bond donors (Lipinski definition) is 1. The van der Waals surface area contributed by atoms with Crippen molar-refractivity contribution in [3.63, 3.8) is 0 Å². The molecular weight excluding hydrogens is 158 g/mol. The molecule has 0 spiro atoms. The van der Waals surface area contributed by atoms with Crippen LogP contribution in [0.5, 0.6) is 0 Å². The number of nitrogens with zero attached hydrogens (tertiary/aromatic N) is 1. The van der Waals surface area contributed by atoms with Crippen LogP contribution in [0, 0.1) is 0 Å². The second-order valence-electron chi connectivity index (χ2n) is 2.32. The molecule has 0 bridgehead atoms. The SMILES string of the molecule is OCc1cnoc1-c1ccco1. The number of rotatable bonds is 2. The molecule has 2 heterocycles. The van der Waals surface area contributed by atoms with Gasteiger partial charge >= 0.3 is 0 Å². The van der Waals surface area contributed by atoms with Crippen LogP contribution < -0.4 is 0 Å². The van der Waals surface area contributed by atoms with E-state index < -0.39 is 0 Å². The molecule has 4 nitrogen and oxygen atoms in total. The van der Waals surface area contributed by atoms with Crippen molar-refractivity contribution in [2.75, 3.05) is 0 Å². The largest absolute Gasteiger partial charge is 0.461 e. The summed E-state index contributed by atoms with van der Waals surface area (Å²) in [4.78, 5) is 0. The normalized spacial score (nSPS) is 10.4. The van der Waals surface area contributed by atoms with E-state index in [-0.39, 0.29) is 6.61 Å². The molecule has 0 saturated heterocycles. The minimum Gasteiger partial charge on any atom is -0.461 e. The minimum atomic E-state index is -0.0977. The van der Waals surface area contributed by atoms with Gasteiger partial charge in [0, 0.05) is 5.56 Å². The highest BCUT2D eigenvalue weighted by Crippen LogP contribution is 2.23.